The van der Waals surface area contributed by atoms with Crippen LogP contribution in [0.3, 0.4) is 0 Å². The second-order valence-electron chi connectivity index (χ2n) is 6.96. The van der Waals surface area contributed by atoms with Crippen LogP contribution in [0.4, 0.5) is 16.6 Å². The van der Waals surface area contributed by atoms with Crippen LogP contribution in [0.15, 0.2) is 6.07 Å². The Morgan fingerprint density at radius 3 is 2.70 bits per heavy atom. The standard InChI is InChI=1S/C15H24ClN5O2/c1-15(2,3)21(7-5-6-10(9-21)18-14(22)23)12-8-11(16)19-13(17-4)20-12/h8,10,18H,5-7,9H2,1-4H3,(H-,17,19,20,22,23)/p+1/t10-,21?/m1/s1. The number of carbonyl (C=O) groups is 1. The molecule has 1 saturated heterocycles. The number of anilines is 1. The molecular weight excluding hydrogens is 318 g/mol. The van der Waals surface area contributed by atoms with Crippen LogP contribution < -0.4 is 15.1 Å². The number of hydrogen-bond acceptors (Lipinski definition) is 4. The average molecular weight is 343 g/mol. The fraction of sp³-hybridized carbons (Fsp3) is 0.667. The fourth-order valence-electron chi connectivity index (χ4n) is 3.36. The number of hydrogen-bond donors (Lipinski definition) is 3. The molecule has 2 atom stereocenters. The van der Waals surface area contributed by atoms with Crippen LogP contribution in [0.1, 0.15) is 33.6 Å². The fourth-order valence-corrected chi connectivity index (χ4v) is 3.53. The van der Waals surface area contributed by atoms with Gasteiger partial charge in [-0.3, -0.25) is 4.48 Å². The topological polar surface area (TPSA) is 87.1 Å². The molecule has 1 aromatic heterocycles. The van der Waals surface area contributed by atoms with E-state index in [1.807, 2.05) is 0 Å². The predicted octanol–water partition coefficient (Wildman–Crippen LogP) is 2.71. The summed E-state index contributed by atoms with van der Waals surface area (Å²) in [6.45, 7) is 7.96. The third-order valence-corrected chi connectivity index (χ3v) is 4.77. The van der Waals surface area contributed by atoms with Gasteiger partial charge in [-0.2, -0.15) is 4.98 Å². The first-order valence-electron chi connectivity index (χ1n) is 7.77. The second kappa shape index (κ2) is 6.49. The molecular formula is C15H25ClN5O2+. The van der Waals surface area contributed by atoms with E-state index in [-0.39, 0.29) is 11.6 Å². The van der Waals surface area contributed by atoms with Gasteiger partial charge < -0.3 is 15.7 Å². The van der Waals surface area contributed by atoms with Crippen LogP contribution in [-0.4, -0.2) is 52.9 Å². The van der Waals surface area contributed by atoms with Crippen LogP contribution in [0.2, 0.25) is 5.15 Å². The Hall–Kier alpha value is -1.60. The number of nitrogens with one attached hydrogen (secondary N) is 2. The molecule has 0 aliphatic carbocycles. The highest BCUT2D eigenvalue weighted by Crippen LogP contribution is 2.37. The highest BCUT2D eigenvalue weighted by molar-refractivity contribution is 6.29. The Bertz CT molecular complexity index is 590. The molecule has 2 rings (SSSR count). The van der Waals surface area contributed by atoms with Crippen molar-refractivity contribution in [2.75, 3.05) is 25.5 Å². The number of nitrogens with zero attached hydrogens (tertiary/aromatic N) is 3. The minimum atomic E-state index is -0.986. The van der Waals surface area contributed by atoms with Gasteiger partial charge in [-0.1, -0.05) is 11.6 Å². The van der Waals surface area contributed by atoms with E-state index >= 15 is 0 Å². The van der Waals surface area contributed by atoms with Gasteiger partial charge in [0.25, 0.3) is 0 Å². The molecule has 1 unspecified atom stereocenters. The van der Waals surface area contributed by atoms with E-state index in [1.165, 1.54) is 0 Å². The summed E-state index contributed by atoms with van der Waals surface area (Å²) in [7, 11) is 1.75. The molecule has 8 heteroatoms. The van der Waals surface area contributed by atoms with Crippen molar-refractivity contribution >= 4 is 29.5 Å². The lowest BCUT2D eigenvalue weighted by Gasteiger charge is -2.51. The molecule has 0 saturated carbocycles. The van der Waals surface area contributed by atoms with Crippen molar-refractivity contribution in [3.8, 4) is 0 Å². The van der Waals surface area contributed by atoms with Crippen LogP contribution in [-0.2, 0) is 0 Å². The smallest absolute Gasteiger partial charge is 0.405 e. The van der Waals surface area contributed by atoms with Crippen molar-refractivity contribution < 1.29 is 9.90 Å². The summed E-state index contributed by atoms with van der Waals surface area (Å²) in [6.07, 6.45) is 0.763. The number of piperidine rings is 1. The van der Waals surface area contributed by atoms with Gasteiger partial charge >= 0.3 is 6.09 Å². The van der Waals surface area contributed by atoms with Gasteiger partial charge in [0.1, 0.15) is 11.7 Å². The van der Waals surface area contributed by atoms with Crippen LogP contribution in [0.5, 0.6) is 0 Å². The lowest BCUT2D eigenvalue weighted by atomic mass is 9.92. The van der Waals surface area contributed by atoms with E-state index in [1.54, 1.807) is 13.1 Å². The highest BCUT2D eigenvalue weighted by Gasteiger charge is 2.48. The third-order valence-electron chi connectivity index (χ3n) is 4.58. The average Bonchev–Trinajstić information content (AvgIpc) is 2.44. The van der Waals surface area contributed by atoms with E-state index in [2.05, 4.69) is 41.4 Å². The third kappa shape index (κ3) is 3.67. The van der Waals surface area contributed by atoms with Crippen molar-refractivity contribution in [3.05, 3.63) is 11.2 Å². The molecule has 0 radical (unpaired) electrons. The van der Waals surface area contributed by atoms with E-state index in [0.29, 0.717) is 22.1 Å². The number of rotatable bonds is 3. The van der Waals surface area contributed by atoms with Gasteiger partial charge in [0.15, 0.2) is 0 Å². The Morgan fingerprint density at radius 1 is 1.43 bits per heavy atom. The molecule has 2 heterocycles. The van der Waals surface area contributed by atoms with Crippen molar-refractivity contribution in [2.45, 2.75) is 45.2 Å². The van der Waals surface area contributed by atoms with Gasteiger partial charge in [-0.15, -0.1) is 0 Å². The molecule has 1 amide bonds. The van der Waals surface area contributed by atoms with Crippen LogP contribution in [0.25, 0.3) is 0 Å². The number of carboxylic acid groups (broad SMARTS) is 1. The molecule has 0 bridgehead atoms. The maximum Gasteiger partial charge on any atom is 0.405 e. The number of amides is 1. The zero-order valence-corrected chi connectivity index (χ0v) is 14.8. The Labute approximate surface area is 141 Å². The van der Waals surface area contributed by atoms with E-state index in [9.17, 15) is 4.79 Å². The summed E-state index contributed by atoms with van der Waals surface area (Å²) in [5.74, 6) is 1.29. The first-order valence-corrected chi connectivity index (χ1v) is 8.15. The maximum atomic E-state index is 11.0. The zero-order chi connectivity index (χ0) is 17.3. The van der Waals surface area contributed by atoms with Crippen LogP contribution >= 0.6 is 11.6 Å². The second-order valence-corrected chi connectivity index (χ2v) is 7.34. The van der Waals surface area contributed by atoms with Gasteiger partial charge in [0, 0.05) is 7.05 Å². The summed E-state index contributed by atoms with van der Waals surface area (Å²) in [6, 6.07) is 1.68. The SMILES string of the molecule is CNc1nc(Cl)cc([N+]2(C(C)(C)C)CCC[C@@H](NC(=O)O)C2)n1. The lowest BCUT2D eigenvalue weighted by Crippen LogP contribution is -2.69. The minimum absolute atomic E-state index is 0.104. The van der Waals surface area contributed by atoms with Gasteiger partial charge in [0.05, 0.1) is 24.2 Å². The molecule has 1 aromatic rings. The zero-order valence-electron chi connectivity index (χ0n) is 14.1. The van der Waals surface area contributed by atoms with Crippen LogP contribution in [0, 0.1) is 0 Å². The van der Waals surface area contributed by atoms with Crippen molar-refractivity contribution in [1.29, 1.82) is 0 Å². The van der Waals surface area contributed by atoms with E-state index in [0.717, 1.165) is 25.2 Å². The monoisotopic (exact) mass is 342 g/mol. The summed E-state index contributed by atoms with van der Waals surface area (Å²) < 4.78 is 0.564. The van der Waals surface area contributed by atoms with Crippen molar-refractivity contribution in [2.24, 2.45) is 0 Å². The maximum absolute atomic E-state index is 11.0. The summed E-state index contributed by atoms with van der Waals surface area (Å²) in [5.41, 5.74) is -0.151. The Kier molecular flexibility index (Phi) is 5.01. The molecule has 0 spiro atoms. The normalized spacial score (nSPS) is 25.0. The van der Waals surface area contributed by atoms with Gasteiger partial charge in [-0.05, 0) is 33.6 Å². The first-order chi connectivity index (χ1) is 10.7. The molecule has 7 nitrogen and oxygen atoms in total. The largest absolute Gasteiger partial charge is 0.465 e. The molecule has 1 aliphatic heterocycles. The molecule has 1 fully saturated rings. The molecule has 3 N–H and O–H groups in total. The van der Waals surface area contributed by atoms with Crippen molar-refractivity contribution in [1.82, 2.24) is 19.8 Å². The number of aromatic nitrogens is 2. The summed E-state index contributed by atoms with van der Waals surface area (Å²) >= 11 is 6.17. The molecule has 23 heavy (non-hydrogen) atoms. The lowest BCUT2D eigenvalue weighted by molar-refractivity contribution is 0.0897. The summed E-state index contributed by atoms with van der Waals surface area (Å²) in [5, 5.41) is 15.0. The quantitative estimate of drug-likeness (QED) is 0.580. The van der Waals surface area contributed by atoms with E-state index in [4.69, 9.17) is 16.7 Å². The van der Waals surface area contributed by atoms with Gasteiger partial charge in [-0.25, -0.2) is 9.78 Å². The van der Waals surface area contributed by atoms with E-state index < -0.39 is 6.09 Å². The number of likely N-dealkylation sites (tertiary alicyclic amines) is 1. The number of halogens is 1. The van der Waals surface area contributed by atoms with Gasteiger partial charge in [0.2, 0.25) is 11.8 Å². The Balaban J connectivity index is 2.48. The molecule has 0 aromatic carbocycles. The first kappa shape index (κ1) is 17.7. The van der Waals surface area contributed by atoms with Crippen molar-refractivity contribution in [3.63, 3.8) is 0 Å². The minimum Gasteiger partial charge on any atom is -0.465 e. The Morgan fingerprint density at radius 2 is 2.13 bits per heavy atom. The number of quaternary nitrogens is 1. The molecule has 1 aliphatic rings. The molecule has 128 valence electrons. The highest BCUT2D eigenvalue weighted by atomic mass is 35.5. The predicted molar refractivity (Wildman–Crippen MR) is 92.1 cm³/mol. The summed E-state index contributed by atoms with van der Waals surface area (Å²) in [4.78, 5) is 19.8.